The summed E-state index contributed by atoms with van der Waals surface area (Å²) < 4.78 is 11.3. The van der Waals surface area contributed by atoms with E-state index < -0.39 is 5.91 Å². The molecule has 0 bridgehead atoms. The molecule has 0 radical (unpaired) electrons. The van der Waals surface area contributed by atoms with Crippen LogP contribution in [0, 0.1) is 0 Å². The van der Waals surface area contributed by atoms with E-state index in [0.29, 0.717) is 11.6 Å². The average Bonchev–Trinajstić information content (AvgIpc) is 2.64. The third kappa shape index (κ3) is 4.45. The molecule has 2 aromatic heterocycles. The van der Waals surface area contributed by atoms with E-state index in [1.54, 1.807) is 31.6 Å². The number of amides is 1. The third-order valence-corrected chi connectivity index (χ3v) is 4.26. The van der Waals surface area contributed by atoms with Gasteiger partial charge in [-0.2, -0.15) is 0 Å². The van der Waals surface area contributed by atoms with Gasteiger partial charge in [-0.1, -0.05) is 6.07 Å². The van der Waals surface area contributed by atoms with Gasteiger partial charge in [0.1, 0.15) is 17.5 Å². The van der Waals surface area contributed by atoms with Crippen molar-refractivity contribution >= 4 is 5.91 Å². The zero-order chi connectivity index (χ0) is 17.6. The van der Waals surface area contributed by atoms with Crippen LogP contribution in [0.5, 0.6) is 11.6 Å². The Balaban J connectivity index is 1.53. The Labute approximate surface area is 146 Å². The molecule has 25 heavy (non-hydrogen) atoms. The lowest BCUT2D eigenvalue weighted by molar-refractivity contribution is 0.0949. The maximum absolute atomic E-state index is 11.2. The molecule has 3 heterocycles. The van der Waals surface area contributed by atoms with Crippen molar-refractivity contribution in [1.29, 1.82) is 0 Å². The molecule has 0 aliphatic carbocycles. The van der Waals surface area contributed by atoms with Crippen LogP contribution in [0.1, 0.15) is 28.9 Å². The van der Waals surface area contributed by atoms with Gasteiger partial charge in [-0.15, -0.1) is 0 Å². The maximum atomic E-state index is 11.2. The number of primary amides is 1. The van der Waals surface area contributed by atoms with Crippen LogP contribution in [0.25, 0.3) is 0 Å². The summed E-state index contributed by atoms with van der Waals surface area (Å²) in [6.45, 7) is 2.66. The van der Waals surface area contributed by atoms with Gasteiger partial charge in [0, 0.05) is 43.7 Å². The third-order valence-electron chi connectivity index (χ3n) is 4.26. The van der Waals surface area contributed by atoms with E-state index in [0.717, 1.165) is 38.0 Å². The molecule has 1 aliphatic heterocycles. The highest BCUT2D eigenvalue weighted by Crippen LogP contribution is 2.22. The zero-order valence-electron chi connectivity index (χ0n) is 14.2. The second-order valence-electron chi connectivity index (χ2n) is 6.01. The number of nitrogens with two attached hydrogens (primary N) is 1. The number of rotatable bonds is 6. The highest BCUT2D eigenvalue weighted by Gasteiger charge is 2.22. The highest BCUT2D eigenvalue weighted by molar-refractivity contribution is 5.91. The first-order valence-electron chi connectivity index (χ1n) is 8.28. The van der Waals surface area contributed by atoms with E-state index in [2.05, 4.69) is 14.9 Å². The second kappa shape index (κ2) is 7.94. The lowest BCUT2D eigenvalue weighted by atomic mass is 10.1. The summed E-state index contributed by atoms with van der Waals surface area (Å²) in [5.41, 5.74) is 6.56. The molecule has 7 nitrogen and oxygen atoms in total. The molecule has 132 valence electrons. The van der Waals surface area contributed by atoms with E-state index in [9.17, 15) is 4.79 Å². The molecule has 0 aromatic carbocycles. The number of methoxy groups -OCH3 is 1. The number of pyridine rings is 2. The second-order valence-corrected chi connectivity index (χ2v) is 6.01. The van der Waals surface area contributed by atoms with Gasteiger partial charge in [0.15, 0.2) is 0 Å². The van der Waals surface area contributed by atoms with Gasteiger partial charge in [-0.05, 0) is 25.0 Å². The van der Waals surface area contributed by atoms with Crippen molar-refractivity contribution in [2.45, 2.75) is 25.5 Å². The van der Waals surface area contributed by atoms with Crippen molar-refractivity contribution in [2.24, 2.45) is 5.73 Å². The first-order chi connectivity index (χ1) is 12.2. The van der Waals surface area contributed by atoms with Gasteiger partial charge >= 0.3 is 0 Å². The molecule has 0 unspecified atom stereocenters. The number of nitrogens with zero attached hydrogens (tertiary/aromatic N) is 3. The zero-order valence-corrected chi connectivity index (χ0v) is 14.2. The predicted octanol–water partition coefficient (Wildman–Crippen LogP) is 1.63. The summed E-state index contributed by atoms with van der Waals surface area (Å²) in [5.74, 6) is 0.763. The predicted molar refractivity (Wildman–Crippen MR) is 92.5 cm³/mol. The Kier molecular flexibility index (Phi) is 5.45. The number of aromatic nitrogens is 2. The van der Waals surface area contributed by atoms with Crippen LogP contribution in [0.2, 0.25) is 0 Å². The first kappa shape index (κ1) is 17.2. The Morgan fingerprint density at radius 1 is 1.28 bits per heavy atom. The fourth-order valence-electron chi connectivity index (χ4n) is 2.97. The molecule has 1 saturated heterocycles. The standard InChI is InChI=1S/C18H22N4O3/c1-24-18-13(3-2-7-21-18)12-22-9-5-14(6-10-22)25-15-4-8-20-16(11-15)17(19)23/h2-4,7-8,11,14H,5-6,9-10,12H2,1H3,(H2,19,23). The molecule has 1 amide bonds. The van der Waals surface area contributed by atoms with Gasteiger partial charge < -0.3 is 15.2 Å². The summed E-state index contributed by atoms with van der Waals surface area (Å²) in [6.07, 6.45) is 5.22. The fraction of sp³-hybridized carbons (Fsp3) is 0.389. The molecule has 2 aromatic rings. The van der Waals surface area contributed by atoms with Crippen molar-refractivity contribution < 1.29 is 14.3 Å². The Bertz CT molecular complexity index is 730. The molecule has 7 heteroatoms. The molecule has 0 atom stereocenters. The Morgan fingerprint density at radius 3 is 2.80 bits per heavy atom. The molecule has 1 fully saturated rings. The number of carbonyl (C=O) groups is 1. The summed E-state index contributed by atoms with van der Waals surface area (Å²) in [7, 11) is 1.64. The minimum atomic E-state index is -0.550. The van der Waals surface area contributed by atoms with Crippen LogP contribution < -0.4 is 15.2 Å². The molecule has 1 aliphatic rings. The van der Waals surface area contributed by atoms with Crippen LogP contribution >= 0.6 is 0 Å². The molecular weight excluding hydrogens is 320 g/mol. The summed E-state index contributed by atoms with van der Waals surface area (Å²) in [4.78, 5) is 21.7. The number of carbonyl (C=O) groups excluding carboxylic acids is 1. The molecule has 3 rings (SSSR count). The molecule has 0 saturated carbocycles. The summed E-state index contributed by atoms with van der Waals surface area (Å²) in [6, 6.07) is 7.30. The topological polar surface area (TPSA) is 90.6 Å². The Hall–Kier alpha value is -2.67. The molecule has 0 spiro atoms. The monoisotopic (exact) mass is 342 g/mol. The van der Waals surface area contributed by atoms with Crippen LogP contribution in [0.3, 0.4) is 0 Å². The minimum Gasteiger partial charge on any atom is -0.490 e. The maximum Gasteiger partial charge on any atom is 0.267 e. The van der Waals surface area contributed by atoms with Gasteiger partial charge in [-0.25, -0.2) is 4.98 Å². The van der Waals surface area contributed by atoms with Crippen LogP contribution in [-0.4, -0.2) is 47.1 Å². The first-order valence-corrected chi connectivity index (χ1v) is 8.28. The van der Waals surface area contributed by atoms with E-state index in [-0.39, 0.29) is 11.8 Å². The van der Waals surface area contributed by atoms with Gasteiger partial charge in [0.25, 0.3) is 5.91 Å². The highest BCUT2D eigenvalue weighted by atomic mass is 16.5. The number of ether oxygens (including phenoxy) is 2. The summed E-state index contributed by atoms with van der Waals surface area (Å²) in [5, 5.41) is 0. The van der Waals surface area contributed by atoms with Crippen LogP contribution in [-0.2, 0) is 6.54 Å². The summed E-state index contributed by atoms with van der Waals surface area (Å²) >= 11 is 0. The van der Waals surface area contributed by atoms with Crippen LogP contribution in [0.4, 0.5) is 0 Å². The minimum absolute atomic E-state index is 0.121. The van der Waals surface area contributed by atoms with Crippen molar-refractivity contribution in [3.8, 4) is 11.6 Å². The van der Waals surface area contributed by atoms with Gasteiger partial charge in [0.05, 0.1) is 7.11 Å². The lowest BCUT2D eigenvalue weighted by Crippen LogP contribution is -2.37. The quantitative estimate of drug-likeness (QED) is 0.858. The van der Waals surface area contributed by atoms with Crippen LogP contribution in [0.15, 0.2) is 36.7 Å². The Morgan fingerprint density at radius 2 is 2.08 bits per heavy atom. The number of likely N-dealkylation sites (tertiary alicyclic amines) is 1. The lowest BCUT2D eigenvalue weighted by Gasteiger charge is -2.32. The smallest absolute Gasteiger partial charge is 0.267 e. The van der Waals surface area contributed by atoms with Gasteiger partial charge in [-0.3, -0.25) is 14.7 Å². The van der Waals surface area contributed by atoms with E-state index in [4.69, 9.17) is 15.2 Å². The normalized spacial score (nSPS) is 15.7. The SMILES string of the molecule is COc1ncccc1CN1CCC(Oc2ccnc(C(N)=O)c2)CC1. The van der Waals surface area contributed by atoms with Crippen molar-refractivity contribution in [3.05, 3.63) is 47.9 Å². The van der Waals surface area contributed by atoms with Crippen molar-refractivity contribution in [2.75, 3.05) is 20.2 Å². The van der Waals surface area contributed by atoms with E-state index >= 15 is 0 Å². The number of piperidine rings is 1. The van der Waals surface area contributed by atoms with Crippen molar-refractivity contribution in [1.82, 2.24) is 14.9 Å². The largest absolute Gasteiger partial charge is 0.490 e. The molecule has 2 N–H and O–H groups in total. The van der Waals surface area contributed by atoms with E-state index in [1.165, 1.54) is 0 Å². The number of hydrogen-bond donors (Lipinski definition) is 1. The average molecular weight is 342 g/mol. The van der Waals surface area contributed by atoms with Gasteiger partial charge in [0.2, 0.25) is 5.88 Å². The molecular formula is C18H22N4O3. The number of hydrogen-bond acceptors (Lipinski definition) is 6. The fourth-order valence-corrected chi connectivity index (χ4v) is 2.97. The van der Waals surface area contributed by atoms with E-state index in [1.807, 2.05) is 12.1 Å². The van der Waals surface area contributed by atoms with Crippen molar-refractivity contribution in [3.63, 3.8) is 0 Å².